The number of para-hydroxylation sites is 1. The highest BCUT2D eigenvalue weighted by molar-refractivity contribution is 6.06. The number of anilines is 2. The molecule has 5 rings (SSSR count). The molecule has 2 aromatic carbocycles. The smallest absolute Gasteiger partial charge is 0.246 e. The molecule has 1 amide bonds. The predicted molar refractivity (Wildman–Crippen MR) is 106 cm³/mol. The van der Waals surface area contributed by atoms with Gasteiger partial charge in [0.05, 0.1) is 11.5 Å². The van der Waals surface area contributed by atoms with Gasteiger partial charge in [0.15, 0.2) is 0 Å². The molecular weight excluding hydrogens is 352 g/mol. The molecule has 0 radical (unpaired) electrons. The van der Waals surface area contributed by atoms with E-state index in [1.165, 1.54) is 0 Å². The zero-order valence-corrected chi connectivity index (χ0v) is 15.7. The van der Waals surface area contributed by atoms with Gasteiger partial charge in [0, 0.05) is 18.8 Å². The monoisotopic (exact) mass is 374 g/mol. The van der Waals surface area contributed by atoms with Gasteiger partial charge in [0.1, 0.15) is 0 Å². The van der Waals surface area contributed by atoms with Crippen LogP contribution in [0.1, 0.15) is 36.9 Å². The molecule has 1 spiro atoms. The van der Waals surface area contributed by atoms with Gasteiger partial charge in [-0.25, -0.2) is 4.68 Å². The predicted octanol–water partition coefficient (Wildman–Crippen LogP) is 2.77. The lowest BCUT2D eigenvalue weighted by molar-refractivity contribution is -0.121. The summed E-state index contributed by atoms with van der Waals surface area (Å²) in [5.74, 6) is 0.878. The summed E-state index contributed by atoms with van der Waals surface area (Å²) in [6.45, 7) is 3.58. The van der Waals surface area contributed by atoms with Gasteiger partial charge in [-0.15, -0.1) is 0 Å². The maximum Gasteiger partial charge on any atom is 0.246 e. The summed E-state index contributed by atoms with van der Waals surface area (Å²) in [5, 5.41) is 15.5. The first-order valence-corrected chi connectivity index (χ1v) is 9.68. The number of nitrogens with zero attached hydrogens (tertiary/aromatic N) is 5. The Morgan fingerprint density at radius 2 is 1.75 bits per heavy atom. The van der Waals surface area contributed by atoms with Crippen LogP contribution in [0.15, 0.2) is 54.6 Å². The first-order valence-electron chi connectivity index (χ1n) is 9.68. The number of nitrogens with one attached hydrogen (secondary N) is 1. The SMILES string of the molecule is C[C@H](c1ccccc1)n1nnnc1N1CCC2(CC1)C(=O)Nc1ccccc12. The fourth-order valence-corrected chi connectivity index (χ4v) is 4.48. The van der Waals surface area contributed by atoms with Crippen LogP contribution in [0.25, 0.3) is 0 Å². The van der Waals surface area contributed by atoms with Crippen molar-refractivity contribution in [2.24, 2.45) is 0 Å². The van der Waals surface area contributed by atoms with E-state index in [4.69, 9.17) is 0 Å². The molecule has 0 bridgehead atoms. The van der Waals surface area contributed by atoms with Crippen molar-refractivity contribution < 1.29 is 4.79 Å². The van der Waals surface area contributed by atoms with Crippen LogP contribution in [0, 0.1) is 0 Å². The average molecular weight is 374 g/mol. The average Bonchev–Trinajstić information content (AvgIpc) is 3.33. The second-order valence-corrected chi connectivity index (χ2v) is 7.58. The van der Waals surface area contributed by atoms with Gasteiger partial charge >= 0.3 is 0 Å². The first kappa shape index (κ1) is 16.9. The van der Waals surface area contributed by atoms with Crippen molar-refractivity contribution in [2.45, 2.75) is 31.2 Å². The highest BCUT2D eigenvalue weighted by atomic mass is 16.2. The lowest BCUT2D eigenvalue weighted by Gasteiger charge is -2.38. The van der Waals surface area contributed by atoms with Crippen LogP contribution in [0.3, 0.4) is 0 Å². The number of piperidine rings is 1. The minimum atomic E-state index is -0.434. The maximum absolute atomic E-state index is 12.8. The second kappa shape index (κ2) is 6.44. The van der Waals surface area contributed by atoms with Gasteiger partial charge < -0.3 is 10.2 Å². The molecule has 0 aliphatic carbocycles. The van der Waals surface area contributed by atoms with Crippen molar-refractivity contribution in [3.8, 4) is 0 Å². The molecule has 0 unspecified atom stereocenters. The molecule has 1 aromatic heterocycles. The first-order chi connectivity index (χ1) is 13.7. The van der Waals surface area contributed by atoms with Crippen LogP contribution in [0.4, 0.5) is 11.6 Å². The number of hydrogen-bond acceptors (Lipinski definition) is 5. The fourth-order valence-electron chi connectivity index (χ4n) is 4.48. The molecule has 2 aliphatic rings. The lowest BCUT2D eigenvalue weighted by atomic mass is 9.74. The van der Waals surface area contributed by atoms with Crippen molar-refractivity contribution in [1.82, 2.24) is 20.2 Å². The minimum Gasteiger partial charge on any atom is -0.340 e. The highest BCUT2D eigenvalue weighted by Gasteiger charge is 2.48. The Morgan fingerprint density at radius 1 is 1.04 bits per heavy atom. The normalized spacial score (nSPS) is 18.8. The number of hydrogen-bond donors (Lipinski definition) is 1. The number of fused-ring (bicyclic) bond motifs is 2. The van der Waals surface area contributed by atoms with E-state index in [2.05, 4.69) is 50.9 Å². The van der Waals surface area contributed by atoms with Crippen molar-refractivity contribution in [2.75, 3.05) is 23.3 Å². The van der Waals surface area contributed by atoms with Crippen LogP contribution < -0.4 is 10.2 Å². The lowest BCUT2D eigenvalue weighted by Crippen LogP contribution is -2.47. The van der Waals surface area contributed by atoms with Crippen molar-refractivity contribution in [1.29, 1.82) is 0 Å². The molecular formula is C21H22N6O. The summed E-state index contributed by atoms with van der Waals surface area (Å²) in [6, 6.07) is 18.3. The van der Waals surface area contributed by atoms with Crippen molar-refractivity contribution in [3.63, 3.8) is 0 Å². The Hall–Kier alpha value is -3.22. The molecule has 3 aromatic rings. The molecule has 1 N–H and O–H groups in total. The second-order valence-electron chi connectivity index (χ2n) is 7.58. The summed E-state index contributed by atoms with van der Waals surface area (Å²) in [4.78, 5) is 15.0. The van der Waals surface area contributed by atoms with E-state index in [1.807, 2.05) is 41.1 Å². The Bertz CT molecular complexity index is 1010. The Kier molecular flexibility index (Phi) is 3.89. The third-order valence-corrected chi connectivity index (χ3v) is 6.15. The van der Waals surface area contributed by atoms with E-state index in [0.29, 0.717) is 0 Å². The number of rotatable bonds is 3. The number of aromatic nitrogens is 4. The maximum atomic E-state index is 12.8. The molecule has 7 nitrogen and oxygen atoms in total. The Labute approximate surface area is 163 Å². The Morgan fingerprint density at radius 3 is 2.54 bits per heavy atom. The number of amides is 1. The molecule has 1 saturated heterocycles. The van der Waals surface area contributed by atoms with Crippen LogP contribution in [0.5, 0.6) is 0 Å². The number of benzene rings is 2. The van der Waals surface area contributed by atoms with E-state index in [-0.39, 0.29) is 11.9 Å². The number of tetrazole rings is 1. The van der Waals surface area contributed by atoms with Gasteiger partial charge in [-0.1, -0.05) is 53.6 Å². The summed E-state index contributed by atoms with van der Waals surface area (Å²) in [6.07, 6.45) is 1.50. The van der Waals surface area contributed by atoms with Crippen LogP contribution in [0.2, 0.25) is 0 Å². The minimum absolute atomic E-state index is 0.0394. The summed E-state index contributed by atoms with van der Waals surface area (Å²) < 4.78 is 1.87. The van der Waals surface area contributed by atoms with E-state index < -0.39 is 5.41 Å². The topological polar surface area (TPSA) is 75.9 Å². The molecule has 142 valence electrons. The number of carbonyl (C=O) groups is 1. The zero-order valence-electron chi connectivity index (χ0n) is 15.7. The third-order valence-electron chi connectivity index (χ3n) is 6.15. The molecule has 1 fully saturated rings. The number of carbonyl (C=O) groups excluding carboxylic acids is 1. The molecule has 7 heteroatoms. The van der Waals surface area contributed by atoms with Crippen LogP contribution in [-0.2, 0) is 10.2 Å². The van der Waals surface area contributed by atoms with E-state index in [0.717, 1.165) is 48.7 Å². The standard InChI is InChI=1S/C21H22N6O/c1-15(16-7-3-2-4-8-16)27-20(23-24-25-27)26-13-11-21(12-14-26)17-9-5-6-10-18(17)22-19(21)28/h2-10,15H,11-14H2,1H3,(H,22,28)/t15-/m1/s1. The quantitative estimate of drug-likeness (QED) is 0.763. The summed E-state index contributed by atoms with van der Waals surface area (Å²) in [5.41, 5.74) is 2.80. The zero-order chi connectivity index (χ0) is 19.1. The Balaban J connectivity index is 1.39. The molecule has 1 atom stereocenters. The van der Waals surface area contributed by atoms with Crippen molar-refractivity contribution in [3.05, 3.63) is 65.7 Å². The fraction of sp³-hybridized carbons (Fsp3) is 0.333. The van der Waals surface area contributed by atoms with Gasteiger partial charge in [-0.05, 0) is 47.4 Å². The highest BCUT2D eigenvalue weighted by Crippen LogP contribution is 2.45. The molecule has 28 heavy (non-hydrogen) atoms. The van der Waals surface area contributed by atoms with Gasteiger partial charge in [0.25, 0.3) is 0 Å². The van der Waals surface area contributed by atoms with Crippen molar-refractivity contribution >= 4 is 17.5 Å². The third kappa shape index (κ3) is 2.50. The molecule has 2 aliphatic heterocycles. The van der Waals surface area contributed by atoms with Crippen LogP contribution in [-0.4, -0.2) is 39.2 Å². The summed E-state index contributed by atoms with van der Waals surface area (Å²) >= 11 is 0. The summed E-state index contributed by atoms with van der Waals surface area (Å²) in [7, 11) is 0. The molecule has 3 heterocycles. The van der Waals surface area contributed by atoms with Gasteiger partial charge in [0.2, 0.25) is 11.9 Å². The van der Waals surface area contributed by atoms with Gasteiger partial charge in [-0.2, -0.15) is 0 Å². The largest absolute Gasteiger partial charge is 0.340 e. The van der Waals surface area contributed by atoms with Crippen LogP contribution >= 0.6 is 0 Å². The van der Waals surface area contributed by atoms with Gasteiger partial charge in [-0.3, -0.25) is 4.79 Å². The molecule has 0 saturated carbocycles. The van der Waals surface area contributed by atoms with E-state index in [1.54, 1.807) is 0 Å². The van der Waals surface area contributed by atoms with E-state index in [9.17, 15) is 4.79 Å². The van der Waals surface area contributed by atoms with E-state index >= 15 is 0 Å².